The molecule has 0 spiro atoms. The lowest BCUT2D eigenvalue weighted by atomic mass is 10.1. The summed E-state index contributed by atoms with van der Waals surface area (Å²) in [6, 6.07) is 0. The summed E-state index contributed by atoms with van der Waals surface area (Å²) < 4.78 is 16.2. The quantitative estimate of drug-likeness (QED) is 0.678. The number of rotatable bonds is 4. The van der Waals surface area contributed by atoms with Gasteiger partial charge in [-0.05, 0) is 31.9 Å². The van der Waals surface area contributed by atoms with Gasteiger partial charge >= 0.3 is 5.97 Å². The van der Waals surface area contributed by atoms with E-state index in [-0.39, 0.29) is 10.8 Å². The molecule has 3 N–H and O–H groups in total. The fourth-order valence-corrected chi connectivity index (χ4v) is 3.39. The third-order valence-electron chi connectivity index (χ3n) is 4.77. The Hall–Kier alpha value is -2.19. The molecule has 2 aliphatic heterocycles. The fraction of sp³-hybridized carbons (Fsp3) is 0.500. The van der Waals surface area contributed by atoms with Gasteiger partial charge in [-0.3, -0.25) is 9.69 Å². The molecule has 3 heterocycles. The van der Waals surface area contributed by atoms with Crippen LogP contribution in [0.2, 0.25) is 0 Å². The zero-order valence-electron chi connectivity index (χ0n) is 13.5. The van der Waals surface area contributed by atoms with E-state index in [1.807, 2.05) is 11.8 Å². The van der Waals surface area contributed by atoms with Gasteiger partial charge in [0.25, 0.3) is 0 Å². The van der Waals surface area contributed by atoms with Crippen molar-refractivity contribution in [2.75, 3.05) is 19.6 Å². The first-order valence-corrected chi connectivity index (χ1v) is 8.05. The van der Waals surface area contributed by atoms with Crippen molar-refractivity contribution in [2.45, 2.75) is 26.1 Å². The minimum atomic E-state index is -1.31. The SMILES string of the molecule is CCn1cc(C(=O)O)c(=O)c2c1=CC(N1CCC(CN)C1)N(F)C=2. The van der Waals surface area contributed by atoms with Crippen molar-refractivity contribution in [2.24, 2.45) is 11.7 Å². The van der Waals surface area contributed by atoms with Gasteiger partial charge in [0.05, 0.1) is 10.6 Å². The highest BCUT2D eigenvalue weighted by molar-refractivity contribution is 5.87. The van der Waals surface area contributed by atoms with Gasteiger partial charge in [0.2, 0.25) is 5.43 Å². The highest BCUT2D eigenvalue weighted by atomic mass is 19.2. The first-order chi connectivity index (χ1) is 11.5. The summed E-state index contributed by atoms with van der Waals surface area (Å²) in [7, 11) is 0. The summed E-state index contributed by atoms with van der Waals surface area (Å²) in [5.41, 5.74) is 4.68. The van der Waals surface area contributed by atoms with Gasteiger partial charge in [0, 0.05) is 32.0 Å². The number of carboxylic acid groups (broad SMARTS) is 1. The molecule has 130 valence electrons. The number of aromatic carboxylic acids is 1. The molecule has 8 heteroatoms. The van der Waals surface area contributed by atoms with Crippen LogP contribution in [0.5, 0.6) is 0 Å². The Morgan fingerprint density at radius 1 is 1.50 bits per heavy atom. The number of carboxylic acids is 1. The Kier molecular flexibility index (Phi) is 4.42. The Morgan fingerprint density at radius 2 is 2.25 bits per heavy atom. The second-order valence-electron chi connectivity index (χ2n) is 6.20. The molecule has 1 saturated heterocycles. The van der Waals surface area contributed by atoms with Gasteiger partial charge in [0.1, 0.15) is 11.7 Å². The Labute approximate surface area is 138 Å². The maximum atomic E-state index is 14.5. The zero-order valence-corrected chi connectivity index (χ0v) is 13.5. The van der Waals surface area contributed by atoms with Gasteiger partial charge in [-0.2, -0.15) is 5.12 Å². The molecule has 2 aliphatic rings. The van der Waals surface area contributed by atoms with E-state index in [0.29, 0.717) is 36.0 Å². The number of aryl methyl sites for hydroxylation is 1. The summed E-state index contributed by atoms with van der Waals surface area (Å²) in [6.45, 7) is 4.33. The number of aromatic nitrogens is 1. The van der Waals surface area contributed by atoms with E-state index in [1.54, 1.807) is 10.6 Å². The van der Waals surface area contributed by atoms with Crippen LogP contribution in [0.15, 0.2) is 11.0 Å². The van der Waals surface area contributed by atoms with Gasteiger partial charge < -0.3 is 15.4 Å². The van der Waals surface area contributed by atoms with Crippen molar-refractivity contribution < 1.29 is 14.4 Å². The monoisotopic (exact) mass is 336 g/mol. The third-order valence-corrected chi connectivity index (χ3v) is 4.77. The number of hydrogen-bond donors (Lipinski definition) is 2. The number of pyridine rings is 1. The van der Waals surface area contributed by atoms with Crippen LogP contribution in [-0.4, -0.2) is 51.5 Å². The summed E-state index contributed by atoms with van der Waals surface area (Å²) in [6.07, 6.45) is 4.43. The van der Waals surface area contributed by atoms with Crippen LogP contribution in [0.1, 0.15) is 23.7 Å². The number of fused-ring (bicyclic) bond motifs is 1. The van der Waals surface area contributed by atoms with Crippen LogP contribution in [0.25, 0.3) is 12.3 Å². The average Bonchev–Trinajstić information content (AvgIpc) is 3.03. The van der Waals surface area contributed by atoms with Crippen LogP contribution in [0, 0.1) is 5.92 Å². The van der Waals surface area contributed by atoms with Crippen molar-refractivity contribution in [3.8, 4) is 0 Å². The highest BCUT2D eigenvalue weighted by Gasteiger charge is 2.31. The van der Waals surface area contributed by atoms with Crippen LogP contribution < -0.4 is 21.7 Å². The topological polar surface area (TPSA) is 91.8 Å². The van der Waals surface area contributed by atoms with E-state index >= 15 is 0 Å². The van der Waals surface area contributed by atoms with Crippen LogP contribution in [0.4, 0.5) is 4.48 Å². The number of carbonyl (C=O) groups is 1. The van der Waals surface area contributed by atoms with Crippen molar-refractivity contribution >= 4 is 18.2 Å². The average molecular weight is 336 g/mol. The molecular formula is C16H21FN4O3. The maximum absolute atomic E-state index is 14.5. The first-order valence-electron chi connectivity index (χ1n) is 8.05. The maximum Gasteiger partial charge on any atom is 0.341 e. The molecular weight excluding hydrogens is 315 g/mol. The normalized spacial score (nSPS) is 23.5. The number of nitrogens with zero attached hydrogens (tertiary/aromatic N) is 3. The predicted molar refractivity (Wildman–Crippen MR) is 87.0 cm³/mol. The zero-order chi connectivity index (χ0) is 17.4. The first kappa shape index (κ1) is 16.7. The van der Waals surface area contributed by atoms with Gasteiger partial charge in [-0.25, -0.2) is 4.79 Å². The Bertz CT molecular complexity index is 835. The second-order valence-corrected chi connectivity index (χ2v) is 6.20. The Morgan fingerprint density at radius 3 is 2.83 bits per heavy atom. The summed E-state index contributed by atoms with van der Waals surface area (Å²) in [5, 5.41) is 10.3. The summed E-state index contributed by atoms with van der Waals surface area (Å²) in [4.78, 5) is 25.5. The lowest BCUT2D eigenvalue weighted by Crippen LogP contribution is -2.55. The van der Waals surface area contributed by atoms with E-state index in [9.17, 15) is 14.1 Å². The largest absolute Gasteiger partial charge is 0.477 e. The molecule has 0 aliphatic carbocycles. The van der Waals surface area contributed by atoms with Crippen molar-refractivity contribution in [3.63, 3.8) is 0 Å². The Balaban J connectivity index is 2.12. The second kappa shape index (κ2) is 6.37. The van der Waals surface area contributed by atoms with Crippen molar-refractivity contribution in [1.29, 1.82) is 0 Å². The molecule has 0 radical (unpaired) electrons. The molecule has 1 fully saturated rings. The van der Waals surface area contributed by atoms with E-state index in [0.717, 1.165) is 19.2 Å². The molecule has 1 aromatic rings. The van der Waals surface area contributed by atoms with E-state index in [2.05, 4.69) is 0 Å². The molecule has 0 saturated carbocycles. The van der Waals surface area contributed by atoms with Crippen molar-refractivity contribution in [1.82, 2.24) is 14.6 Å². The van der Waals surface area contributed by atoms with E-state index in [4.69, 9.17) is 10.8 Å². The summed E-state index contributed by atoms with van der Waals surface area (Å²) >= 11 is 0. The molecule has 1 aromatic heterocycles. The number of halogens is 1. The van der Waals surface area contributed by atoms with Gasteiger partial charge in [-0.15, -0.1) is 0 Å². The van der Waals surface area contributed by atoms with Gasteiger partial charge in [0.15, 0.2) is 0 Å². The molecule has 7 nitrogen and oxygen atoms in total. The number of likely N-dealkylation sites (tertiary alicyclic amines) is 1. The third kappa shape index (κ3) is 2.71. The molecule has 0 bridgehead atoms. The van der Waals surface area contributed by atoms with Gasteiger partial charge in [-0.1, -0.05) is 4.48 Å². The minimum absolute atomic E-state index is 0.0741. The molecule has 0 amide bonds. The number of nitrogens with two attached hydrogens (primary N) is 1. The van der Waals surface area contributed by atoms with Crippen LogP contribution in [0.3, 0.4) is 0 Å². The van der Waals surface area contributed by atoms with Crippen LogP contribution >= 0.6 is 0 Å². The molecule has 2 unspecified atom stereocenters. The predicted octanol–water partition coefficient (Wildman–Crippen LogP) is -1.11. The minimum Gasteiger partial charge on any atom is -0.477 e. The lowest BCUT2D eigenvalue weighted by Gasteiger charge is -2.31. The van der Waals surface area contributed by atoms with E-state index in [1.165, 1.54) is 6.20 Å². The smallest absolute Gasteiger partial charge is 0.341 e. The summed E-state index contributed by atoms with van der Waals surface area (Å²) in [5.74, 6) is -0.966. The van der Waals surface area contributed by atoms with Crippen LogP contribution in [-0.2, 0) is 6.54 Å². The standard InChI is InChI=1S/C16H21FN4O3/c1-2-19-8-12(16(23)24)15(22)11-9-21(17)14(5-13(11)19)20-4-3-10(6-18)7-20/h5,8-10,14H,2-4,6-7,18H2,1H3,(H,23,24). The highest BCUT2D eigenvalue weighted by Crippen LogP contribution is 2.21. The molecule has 2 atom stereocenters. The fourth-order valence-electron chi connectivity index (χ4n) is 3.39. The molecule has 3 rings (SSSR count). The lowest BCUT2D eigenvalue weighted by molar-refractivity contribution is 0.00922. The van der Waals surface area contributed by atoms with E-state index < -0.39 is 17.6 Å². The molecule has 0 aromatic carbocycles. The molecule has 24 heavy (non-hydrogen) atoms. The van der Waals surface area contributed by atoms with Crippen molar-refractivity contribution in [3.05, 3.63) is 32.6 Å². The number of hydrogen-bond acceptors (Lipinski definition) is 5.